The van der Waals surface area contributed by atoms with Gasteiger partial charge in [-0.2, -0.15) is 0 Å². The van der Waals surface area contributed by atoms with Crippen LogP contribution in [0.5, 0.6) is 0 Å². The Morgan fingerprint density at radius 3 is 2.50 bits per heavy atom. The van der Waals surface area contributed by atoms with Gasteiger partial charge in [0.2, 0.25) is 5.91 Å². The first-order valence-corrected chi connectivity index (χ1v) is 5.93. The van der Waals surface area contributed by atoms with Gasteiger partial charge in [-0.05, 0) is 18.8 Å². The maximum absolute atomic E-state index is 11.7. The van der Waals surface area contributed by atoms with Crippen molar-refractivity contribution in [3.63, 3.8) is 0 Å². The minimum absolute atomic E-state index is 0.170. The van der Waals surface area contributed by atoms with Crippen LogP contribution in [0.2, 0.25) is 0 Å². The summed E-state index contributed by atoms with van der Waals surface area (Å²) < 4.78 is 0. The number of hydrogen-bond donors (Lipinski definition) is 2. The molecule has 0 aromatic rings. The number of carbonyl (C=O) groups excluding carboxylic acids is 1. The molecule has 0 bridgehead atoms. The lowest BCUT2D eigenvalue weighted by atomic mass is 9.76. The topological polar surface area (TPSA) is 66.4 Å². The van der Waals surface area contributed by atoms with Crippen LogP contribution >= 0.6 is 0 Å². The van der Waals surface area contributed by atoms with Crippen molar-refractivity contribution in [2.24, 2.45) is 11.8 Å². The number of carbonyl (C=O) groups is 2. The zero-order valence-corrected chi connectivity index (χ0v) is 10.2. The number of aliphatic carboxylic acids is 1. The van der Waals surface area contributed by atoms with Gasteiger partial charge in [0.25, 0.3) is 0 Å². The molecule has 1 rings (SSSR count). The van der Waals surface area contributed by atoms with Crippen LogP contribution in [0.15, 0.2) is 0 Å². The summed E-state index contributed by atoms with van der Waals surface area (Å²) in [6, 6.07) is 0. The van der Waals surface area contributed by atoms with Gasteiger partial charge in [-0.15, -0.1) is 0 Å². The van der Waals surface area contributed by atoms with E-state index >= 15 is 0 Å². The van der Waals surface area contributed by atoms with Crippen LogP contribution in [0.1, 0.15) is 46.5 Å². The SMILES string of the molecule is CC1CCCC(NC(=O)C(C)C)(C(=O)O)C1. The molecule has 0 aliphatic heterocycles. The normalized spacial score (nSPS) is 30.1. The van der Waals surface area contributed by atoms with Crippen molar-refractivity contribution in [3.05, 3.63) is 0 Å². The van der Waals surface area contributed by atoms with Crippen LogP contribution in [0.25, 0.3) is 0 Å². The van der Waals surface area contributed by atoms with Crippen LogP contribution in [0.4, 0.5) is 0 Å². The molecule has 1 saturated carbocycles. The molecule has 4 heteroatoms. The van der Waals surface area contributed by atoms with Crippen LogP contribution in [0, 0.1) is 11.8 Å². The molecule has 0 aromatic carbocycles. The van der Waals surface area contributed by atoms with E-state index in [4.69, 9.17) is 0 Å². The molecule has 16 heavy (non-hydrogen) atoms. The first-order valence-electron chi connectivity index (χ1n) is 5.93. The van der Waals surface area contributed by atoms with E-state index in [2.05, 4.69) is 5.32 Å². The van der Waals surface area contributed by atoms with E-state index in [1.165, 1.54) is 0 Å². The Morgan fingerprint density at radius 2 is 2.06 bits per heavy atom. The predicted molar refractivity (Wildman–Crippen MR) is 61.0 cm³/mol. The Labute approximate surface area is 96.4 Å². The number of amides is 1. The van der Waals surface area contributed by atoms with E-state index in [1.54, 1.807) is 13.8 Å². The van der Waals surface area contributed by atoms with Gasteiger partial charge in [-0.25, -0.2) is 4.79 Å². The number of rotatable bonds is 3. The minimum atomic E-state index is -1.03. The van der Waals surface area contributed by atoms with Crippen molar-refractivity contribution < 1.29 is 14.7 Å². The summed E-state index contributed by atoms with van der Waals surface area (Å²) in [4.78, 5) is 23.0. The second-order valence-electron chi connectivity index (χ2n) is 5.23. The molecule has 4 nitrogen and oxygen atoms in total. The third-order valence-corrected chi connectivity index (χ3v) is 3.29. The highest BCUT2D eigenvalue weighted by Gasteiger charge is 2.43. The highest BCUT2D eigenvalue weighted by atomic mass is 16.4. The van der Waals surface area contributed by atoms with Crippen LogP contribution in [0.3, 0.4) is 0 Å². The first kappa shape index (κ1) is 13.0. The Bertz CT molecular complexity index is 286. The number of carboxylic acid groups (broad SMARTS) is 1. The van der Waals surface area contributed by atoms with Crippen molar-refractivity contribution in [3.8, 4) is 0 Å². The highest BCUT2D eigenvalue weighted by molar-refractivity contribution is 5.87. The summed E-state index contributed by atoms with van der Waals surface area (Å²) in [6.45, 7) is 5.59. The van der Waals surface area contributed by atoms with Gasteiger partial charge in [-0.1, -0.05) is 33.6 Å². The fraction of sp³-hybridized carbons (Fsp3) is 0.833. The standard InChI is InChI=1S/C12H21NO3/c1-8(2)10(14)13-12(11(15)16)6-4-5-9(3)7-12/h8-9H,4-7H2,1-3H3,(H,13,14)(H,15,16). The molecule has 0 radical (unpaired) electrons. The lowest BCUT2D eigenvalue weighted by Crippen LogP contribution is -2.57. The fourth-order valence-corrected chi connectivity index (χ4v) is 2.29. The molecule has 1 aliphatic carbocycles. The van der Waals surface area contributed by atoms with E-state index in [1.807, 2.05) is 6.92 Å². The maximum Gasteiger partial charge on any atom is 0.329 e. The van der Waals surface area contributed by atoms with E-state index in [9.17, 15) is 14.7 Å². The van der Waals surface area contributed by atoms with Gasteiger partial charge in [0.05, 0.1) is 0 Å². The average Bonchev–Trinajstić information content (AvgIpc) is 2.17. The number of carboxylic acids is 1. The zero-order chi connectivity index (χ0) is 12.3. The summed E-state index contributed by atoms with van der Waals surface area (Å²) in [7, 11) is 0. The summed E-state index contributed by atoms with van der Waals surface area (Å²) in [6.07, 6.45) is 3.00. The maximum atomic E-state index is 11.7. The third-order valence-electron chi connectivity index (χ3n) is 3.29. The lowest BCUT2D eigenvalue weighted by Gasteiger charge is -2.37. The molecule has 92 valence electrons. The molecule has 0 heterocycles. The molecular weight excluding hydrogens is 206 g/mol. The quantitative estimate of drug-likeness (QED) is 0.772. The van der Waals surface area contributed by atoms with Gasteiger partial charge in [0.15, 0.2) is 0 Å². The smallest absolute Gasteiger partial charge is 0.329 e. The molecule has 0 spiro atoms. The Kier molecular flexibility index (Phi) is 3.94. The van der Waals surface area contributed by atoms with Crippen molar-refractivity contribution >= 4 is 11.9 Å². The van der Waals surface area contributed by atoms with E-state index < -0.39 is 11.5 Å². The van der Waals surface area contributed by atoms with Crippen molar-refractivity contribution in [1.29, 1.82) is 0 Å². The highest BCUT2D eigenvalue weighted by Crippen LogP contribution is 2.32. The van der Waals surface area contributed by atoms with Gasteiger partial charge in [0, 0.05) is 5.92 Å². The molecule has 1 fully saturated rings. The summed E-state index contributed by atoms with van der Waals surface area (Å²) in [5.74, 6) is -0.879. The largest absolute Gasteiger partial charge is 0.480 e. The monoisotopic (exact) mass is 227 g/mol. The molecule has 0 aromatic heterocycles. The third kappa shape index (κ3) is 2.74. The summed E-state index contributed by atoms with van der Waals surface area (Å²) in [5, 5.41) is 12.0. The van der Waals surface area contributed by atoms with Crippen LogP contribution in [-0.4, -0.2) is 22.5 Å². The minimum Gasteiger partial charge on any atom is -0.480 e. The lowest BCUT2D eigenvalue weighted by molar-refractivity contribution is -0.150. The van der Waals surface area contributed by atoms with E-state index in [-0.39, 0.29) is 11.8 Å². The average molecular weight is 227 g/mol. The molecule has 1 amide bonds. The summed E-state index contributed by atoms with van der Waals surface area (Å²) >= 11 is 0. The predicted octanol–water partition coefficient (Wildman–Crippen LogP) is 1.79. The molecule has 2 atom stereocenters. The Hall–Kier alpha value is -1.06. The Balaban J connectivity index is 2.80. The fourth-order valence-electron chi connectivity index (χ4n) is 2.29. The number of hydrogen-bond acceptors (Lipinski definition) is 2. The molecular formula is C12H21NO3. The van der Waals surface area contributed by atoms with E-state index in [0.29, 0.717) is 18.8 Å². The van der Waals surface area contributed by atoms with Gasteiger partial charge >= 0.3 is 5.97 Å². The molecule has 1 aliphatic rings. The Morgan fingerprint density at radius 1 is 1.44 bits per heavy atom. The van der Waals surface area contributed by atoms with Gasteiger partial charge in [-0.3, -0.25) is 4.79 Å². The zero-order valence-electron chi connectivity index (χ0n) is 10.2. The van der Waals surface area contributed by atoms with E-state index in [0.717, 1.165) is 12.8 Å². The summed E-state index contributed by atoms with van der Waals surface area (Å²) in [5.41, 5.74) is -1.03. The van der Waals surface area contributed by atoms with Crippen molar-refractivity contribution in [2.75, 3.05) is 0 Å². The van der Waals surface area contributed by atoms with Crippen molar-refractivity contribution in [1.82, 2.24) is 5.32 Å². The molecule has 0 saturated heterocycles. The first-order chi connectivity index (χ1) is 7.37. The van der Waals surface area contributed by atoms with Crippen LogP contribution < -0.4 is 5.32 Å². The van der Waals surface area contributed by atoms with Crippen molar-refractivity contribution in [2.45, 2.75) is 52.0 Å². The second-order valence-corrected chi connectivity index (χ2v) is 5.23. The van der Waals surface area contributed by atoms with Crippen LogP contribution in [-0.2, 0) is 9.59 Å². The van der Waals surface area contributed by atoms with Gasteiger partial charge < -0.3 is 10.4 Å². The number of nitrogens with one attached hydrogen (secondary N) is 1. The van der Waals surface area contributed by atoms with Gasteiger partial charge in [0.1, 0.15) is 5.54 Å². The molecule has 2 N–H and O–H groups in total. The molecule has 2 unspecified atom stereocenters. The second kappa shape index (κ2) is 4.85.